The van der Waals surface area contributed by atoms with Crippen molar-refractivity contribution in [3.8, 4) is 5.69 Å². The fourth-order valence-corrected chi connectivity index (χ4v) is 5.20. The van der Waals surface area contributed by atoms with Crippen molar-refractivity contribution >= 4 is 28.9 Å². The molecule has 29 heavy (non-hydrogen) atoms. The smallest absolute Gasteiger partial charge is 0.196 e. The van der Waals surface area contributed by atoms with Crippen molar-refractivity contribution in [1.82, 2.24) is 19.7 Å². The number of halogens is 1. The number of hydrogen-bond donors (Lipinski definition) is 0. The molecule has 1 aliphatic heterocycles. The average molecular weight is 431 g/mol. The molecular formula is C21H23FN4OS2. The molecule has 1 saturated heterocycles. The van der Waals surface area contributed by atoms with Gasteiger partial charge in [-0.3, -0.25) is 14.3 Å². The van der Waals surface area contributed by atoms with Crippen LogP contribution in [0.25, 0.3) is 5.69 Å². The Bertz CT molecular complexity index is 977. The molecule has 0 aliphatic carbocycles. The molecule has 2 aromatic heterocycles. The highest BCUT2D eigenvalue weighted by molar-refractivity contribution is 7.99. The third-order valence-electron chi connectivity index (χ3n) is 4.95. The highest BCUT2D eigenvalue weighted by Gasteiger charge is 2.20. The predicted octanol–water partition coefficient (Wildman–Crippen LogP) is 4.74. The van der Waals surface area contributed by atoms with Gasteiger partial charge >= 0.3 is 0 Å². The number of piperidine rings is 1. The van der Waals surface area contributed by atoms with E-state index in [1.807, 2.05) is 23.6 Å². The van der Waals surface area contributed by atoms with Crippen molar-refractivity contribution in [3.63, 3.8) is 0 Å². The van der Waals surface area contributed by atoms with Gasteiger partial charge in [-0.15, -0.1) is 21.5 Å². The Kier molecular flexibility index (Phi) is 6.42. The van der Waals surface area contributed by atoms with Crippen LogP contribution < -0.4 is 0 Å². The lowest BCUT2D eigenvalue weighted by Crippen LogP contribution is -2.30. The maximum atomic E-state index is 13.4. The minimum absolute atomic E-state index is 0.0827. The molecule has 1 aromatic carbocycles. The summed E-state index contributed by atoms with van der Waals surface area (Å²) in [7, 11) is 0. The van der Waals surface area contributed by atoms with Crippen molar-refractivity contribution in [1.29, 1.82) is 0 Å². The van der Waals surface area contributed by atoms with Crippen molar-refractivity contribution in [3.05, 3.63) is 57.8 Å². The second-order valence-electron chi connectivity index (χ2n) is 7.17. The first-order valence-corrected chi connectivity index (χ1v) is 11.6. The molecule has 4 rings (SSSR count). The first-order valence-electron chi connectivity index (χ1n) is 9.75. The van der Waals surface area contributed by atoms with Gasteiger partial charge < -0.3 is 0 Å². The first-order chi connectivity index (χ1) is 14.1. The zero-order valence-corrected chi connectivity index (χ0v) is 17.9. The molecule has 0 N–H and O–H groups in total. The number of Topliss-reactive ketones (excluding diaryl/α,β-unsaturated/α-hetero) is 1. The largest absolute Gasteiger partial charge is 0.296 e. The van der Waals surface area contributed by atoms with E-state index < -0.39 is 0 Å². The molecule has 8 heteroatoms. The number of benzene rings is 1. The van der Waals surface area contributed by atoms with Crippen LogP contribution in [-0.2, 0) is 6.54 Å². The topological polar surface area (TPSA) is 51.0 Å². The molecule has 152 valence electrons. The lowest BCUT2D eigenvalue weighted by Gasteiger charge is -2.26. The number of thiophene rings is 1. The molecule has 0 spiro atoms. The van der Waals surface area contributed by atoms with E-state index in [2.05, 4.69) is 15.1 Å². The zero-order valence-electron chi connectivity index (χ0n) is 16.3. The van der Waals surface area contributed by atoms with Crippen molar-refractivity contribution < 1.29 is 9.18 Å². The van der Waals surface area contributed by atoms with Gasteiger partial charge in [0.2, 0.25) is 0 Å². The van der Waals surface area contributed by atoms with E-state index in [0.29, 0.717) is 17.5 Å². The number of ketones is 1. The summed E-state index contributed by atoms with van der Waals surface area (Å²) in [6, 6.07) is 10.2. The lowest BCUT2D eigenvalue weighted by molar-refractivity contribution is 0.102. The highest BCUT2D eigenvalue weighted by Crippen LogP contribution is 2.26. The number of carbonyl (C=O) groups is 1. The van der Waals surface area contributed by atoms with E-state index in [9.17, 15) is 9.18 Å². The summed E-state index contributed by atoms with van der Waals surface area (Å²) in [5, 5.41) is 9.43. The number of nitrogens with zero attached hydrogens (tertiary/aromatic N) is 4. The molecule has 0 radical (unpaired) electrons. The van der Waals surface area contributed by atoms with Crippen LogP contribution in [0.1, 0.15) is 39.6 Å². The Morgan fingerprint density at radius 3 is 2.55 bits per heavy atom. The third-order valence-corrected chi connectivity index (χ3v) is 6.92. The molecule has 0 bridgehead atoms. The molecule has 0 saturated carbocycles. The van der Waals surface area contributed by atoms with Crippen molar-refractivity contribution in [2.24, 2.45) is 0 Å². The van der Waals surface area contributed by atoms with Gasteiger partial charge in [-0.2, -0.15) is 0 Å². The van der Waals surface area contributed by atoms with Gasteiger partial charge in [0.15, 0.2) is 16.8 Å². The quantitative estimate of drug-likeness (QED) is 0.400. The minimum atomic E-state index is -0.281. The van der Waals surface area contributed by atoms with E-state index >= 15 is 0 Å². The molecular weight excluding hydrogens is 407 g/mol. The summed E-state index contributed by atoms with van der Waals surface area (Å²) in [6.07, 6.45) is 3.66. The predicted molar refractivity (Wildman–Crippen MR) is 115 cm³/mol. The zero-order chi connectivity index (χ0) is 20.2. The maximum Gasteiger partial charge on any atom is 0.196 e. The molecule has 3 aromatic rings. The Morgan fingerprint density at radius 2 is 1.86 bits per heavy atom. The Morgan fingerprint density at radius 1 is 1.10 bits per heavy atom. The summed E-state index contributed by atoms with van der Waals surface area (Å²) in [5.74, 6) is 0.917. The number of hydrogen-bond acceptors (Lipinski definition) is 6. The SMILES string of the molecule is Cc1ccc(C(=O)CSc2nnc(CN3CCCCC3)n2-c2ccc(F)cc2)s1. The standard InChI is InChI=1S/C21H23FN4OS2/c1-15-5-10-19(29-15)18(27)14-28-21-24-23-20(13-25-11-3-2-4-12-25)26(21)17-8-6-16(22)7-9-17/h5-10H,2-4,11-14H2,1H3. The summed E-state index contributed by atoms with van der Waals surface area (Å²) >= 11 is 2.88. The van der Waals surface area contributed by atoms with Gasteiger partial charge in [-0.25, -0.2) is 4.39 Å². The van der Waals surface area contributed by atoms with Crippen LogP contribution in [0.3, 0.4) is 0 Å². The van der Waals surface area contributed by atoms with E-state index in [1.54, 1.807) is 12.1 Å². The molecule has 0 amide bonds. The highest BCUT2D eigenvalue weighted by atomic mass is 32.2. The minimum Gasteiger partial charge on any atom is -0.296 e. The van der Waals surface area contributed by atoms with Gasteiger partial charge in [0.05, 0.1) is 17.2 Å². The van der Waals surface area contributed by atoms with Crippen LogP contribution in [0, 0.1) is 12.7 Å². The number of likely N-dealkylation sites (tertiary alicyclic amines) is 1. The third kappa shape index (κ3) is 4.94. The second-order valence-corrected chi connectivity index (χ2v) is 9.40. The fraction of sp³-hybridized carbons (Fsp3) is 0.381. The van der Waals surface area contributed by atoms with E-state index in [0.717, 1.165) is 34.4 Å². The second kappa shape index (κ2) is 9.19. The summed E-state index contributed by atoms with van der Waals surface area (Å²) < 4.78 is 15.4. The van der Waals surface area contributed by atoms with Crippen LogP contribution in [0.2, 0.25) is 0 Å². The lowest BCUT2D eigenvalue weighted by atomic mass is 10.1. The number of rotatable bonds is 7. The molecule has 0 atom stereocenters. The summed E-state index contributed by atoms with van der Waals surface area (Å²) in [5.41, 5.74) is 0.810. The van der Waals surface area contributed by atoms with Crippen molar-refractivity contribution in [2.45, 2.75) is 37.9 Å². The van der Waals surface area contributed by atoms with Crippen molar-refractivity contribution in [2.75, 3.05) is 18.8 Å². The number of carbonyl (C=O) groups excluding carboxylic acids is 1. The van der Waals surface area contributed by atoms with Crippen LogP contribution in [-0.4, -0.2) is 44.3 Å². The Hall–Kier alpha value is -2.03. The maximum absolute atomic E-state index is 13.4. The van der Waals surface area contributed by atoms with Gasteiger partial charge in [-0.1, -0.05) is 18.2 Å². The first kappa shape index (κ1) is 20.3. The molecule has 1 fully saturated rings. The average Bonchev–Trinajstić information content (AvgIpc) is 3.34. The summed E-state index contributed by atoms with van der Waals surface area (Å²) in [4.78, 5) is 16.8. The fourth-order valence-electron chi connectivity index (χ4n) is 3.45. The van der Waals surface area contributed by atoms with Gasteiger partial charge in [0.25, 0.3) is 0 Å². The van der Waals surface area contributed by atoms with E-state index in [-0.39, 0.29) is 11.6 Å². The van der Waals surface area contributed by atoms with Crippen LogP contribution in [0.15, 0.2) is 41.6 Å². The molecule has 0 unspecified atom stereocenters. The van der Waals surface area contributed by atoms with E-state index in [1.165, 1.54) is 54.5 Å². The van der Waals surface area contributed by atoms with Gasteiger partial charge in [0, 0.05) is 10.6 Å². The Labute approximate surface area is 178 Å². The molecule has 1 aliphatic rings. The van der Waals surface area contributed by atoms with E-state index in [4.69, 9.17) is 0 Å². The van der Waals surface area contributed by atoms with Gasteiger partial charge in [0.1, 0.15) is 5.82 Å². The monoisotopic (exact) mass is 430 g/mol. The Balaban J connectivity index is 1.57. The molecule has 5 nitrogen and oxygen atoms in total. The number of aryl methyl sites for hydroxylation is 1. The normalized spacial score (nSPS) is 15.0. The van der Waals surface area contributed by atoms with Crippen LogP contribution in [0.4, 0.5) is 4.39 Å². The van der Waals surface area contributed by atoms with Crippen LogP contribution >= 0.6 is 23.1 Å². The summed E-state index contributed by atoms with van der Waals surface area (Å²) in [6.45, 7) is 4.79. The molecule has 3 heterocycles. The number of aromatic nitrogens is 3. The van der Waals surface area contributed by atoms with Crippen LogP contribution in [0.5, 0.6) is 0 Å². The van der Waals surface area contributed by atoms with Gasteiger partial charge in [-0.05, 0) is 69.3 Å². The number of thioether (sulfide) groups is 1.